The number of nitro benzene ring substituents is 1. The van der Waals surface area contributed by atoms with Crippen molar-refractivity contribution in [2.45, 2.75) is 13.8 Å². The number of nitrogens with one attached hydrogen (secondary N) is 1. The topological polar surface area (TPSA) is 98.5 Å². The summed E-state index contributed by atoms with van der Waals surface area (Å²) in [5, 5.41) is 14.0. The lowest BCUT2D eigenvalue weighted by Crippen LogP contribution is -2.19. The molecule has 8 heteroatoms. The maximum atomic E-state index is 11.9. The molecule has 1 aromatic carbocycles. The number of hydrogen-bond acceptors (Lipinski definition) is 6. The minimum absolute atomic E-state index is 0.109. The lowest BCUT2D eigenvalue weighted by Gasteiger charge is -2.08. The van der Waals surface area contributed by atoms with Gasteiger partial charge in [-0.1, -0.05) is 13.8 Å². The number of ether oxygens (including phenoxy) is 1. The highest BCUT2D eigenvalue weighted by Crippen LogP contribution is 2.38. The van der Waals surface area contributed by atoms with Crippen molar-refractivity contribution >= 4 is 44.7 Å². The van der Waals surface area contributed by atoms with Crippen LogP contribution in [0, 0.1) is 16.0 Å². The summed E-state index contributed by atoms with van der Waals surface area (Å²) < 4.78 is 5.37. The molecule has 0 fully saturated rings. The van der Waals surface area contributed by atoms with Gasteiger partial charge in [-0.2, -0.15) is 0 Å². The number of carbonyl (C=O) groups excluding carboxylic acids is 2. The van der Waals surface area contributed by atoms with Gasteiger partial charge in [0.15, 0.2) is 0 Å². The van der Waals surface area contributed by atoms with Crippen LogP contribution in [0.1, 0.15) is 23.5 Å². The molecule has 1 amide bonds. The van der Waals surface area contributed by atoms with E-state index in [4.69, 9.17) is 4.74 Å². The first kappa shape index (κ1) is 15.9. The van der Waals surface area contributed by atoms with Crippen molar-refractivity contribution in [2.75, 3.05) is 12.4 Å². The van der Waals surface area contributed by atoms with Crippen LogP contribution in [0.2, 0.25) is 0 Å². The summed E-state index contributed by atoms with van der Waals surface area (Å²) in [4.78, 5) is 34.4. The standard InChI is InChI=1S/C14H14N2O5S/c1-7(2)13(17)15-11-9-6-8(16(19)20)4-5-10(9)22-12(11)14(18)21-3/h4-7H,1-3H3,(H,15,17). The quantitative estimate of drug-likeness (QED) is 0.529. The molecule has 1 heterocycles. The fourth-order valence-electron chi connectivity index (χ4n) is 1.83. The summed E-state index contributed by atoms with van der Waals surface area (Å²) in [5.74, 6) is -1.17. The van der Waals surface area contributed by atoms with E-state index < -0.39 is 10.9 Å². The third kappa shape index (κ3) is 2.91. The van der Waals surface area contributed by atoms with E-state index in [0.717, 1.165) is 11.3 Å². The number of hydrogen-bond donors (Lipinski definition) is 1. The maximum Gasteiger partial charge on any atom is 0.350 e. The van der Waals surface area contributed by atoms with E-state index in [1.54, 1.807) is 19.9 Å². The largest absolute Gasteiger partial charge is 0.465 e. The third-order valence-corrected chi connectivity index (χ3v) is 4.18. The number of non-ortho nitro benzene ring substituents is 1. The number of esters is 1. The number of carbonyl (C=O) groups is 2. The number of methoxy groups -OCH3 is 1. The number of nitro groups is 1. The van der Waals surface area contributed by atoms with E-state index in [1.807, 2.05) is 0 Å². The zero-order valence-electron chi connectivity index (χ0n) is 12.2. The van der Waals surface area contributed by atoms with Crippen LogP contribution in [0.25, 0.3) is 10.1 Å². The van der Waals surface area contributed by atoms with Crippen LogP contribution in [0.4, 0.5) is 11.4 Å². The zero-order chi connectivity index (χ0) is 16.4. The molecule has 7 nitrogen and oxygen atoms in total. The third-order valence-electron chi connectivity index (χ3n) is 3.03. The fraction of sp³-hybridized carbons (Fsp3) is 0.286. The Kier molecular flexibility index (Phi) is 4.41. The first-order valence-corrected chi connectivity index (χ1v) is 7.27. The van der Waals surface area contributed by atoms with E-state index in [2.05, 4.69) is 5.32 Å². The lowest BCUT2D eigenvalue weighted by atomic mass is 10.1. The van der Waals surface area contributed by atoms with Gasteiger partial charge < -0.3 is 10.1 Å². The first-order chi connectivity index (χ1) is 10.3. The first-order valence-electron chi connectivity index (χ1n) is 6.45. The maximum absolute atomic E-state index is 11.9. The molecule has 22 heavy (non-hydrogen) atoms. The minimum Gasteiger partial charge on any atom is -0.465 e. The Hall–Kier alpha value is -2.48. The van der Waals surface area contributed by atoms with Crippen LogP contribution in [0.3, 0.4) is 0 Å². The molecule has 0 spiro atoms. The smallest absolute Gasteiger partial charge is 0.350 e. The highest BCUT2D eigenvalue weighted by atomic mass is 32.1. The normalized spacial score (nSPS) is 10.7. The number of rotatable bonds is 4. The average Bonchev–Trinajstić information content (AvgIpc) is 2.84. The number of nitrogens with zero attached hydrogens (tertiary/aromatic N) is 1. The second-order valence-corrected chi connectivity index (χ2v) is 5.93. The summed E-state index contributed by atoms with van der Waals surface area (Å²) in [6, 6.07) is 4.25. The Morgan fingerprint density at radius 1 is 1.36 bits per heavy atom. The van der Waals surface area contributed by atoms with Crippen molar-refractivity contribution in [3.8, 4) is 0 Å². The Morgan fingerprint density at radius 3 is 2.59 bits per heavy atom. The molecule has 2 aromatic rings. The average molecular weight is 322 g/mol. The summed E-state index contributed by atoms with van der Waals surface area (Å²) in [5.41, 5.74) is 0.149. The van der Waals surface area contributed by atoms with Crippen molar-refractivity contribution in [1.82, 2.24) is 0 Å². The Labute approximate surface area is 130 Å². The van der Waals surface area contributed by atoms with E-state index in [-0.39, 0.29) is 28.1 Å². The van der Waals surface area contributed by atoms with Crippen LogP contribution >= 0.6 is 11.3 Å². The molecule has 0 unspecified atom stereocenters. The molecule has 0 aliphatic rings. The predicted octanol–water partition coefficient (Wildman–Crippen LogP) is 3.19. The van der Waals surface area contributed by atoms with Gasteiger partial charge in [0.25, 0.3) is 5.69 Å². The Morgan fingerprint density at radius 2 is 2.05 bits per heavy atom. The molecule has 1 aromatic heterocycles. The molecular weight excluding hydrogens is 308 g/mol. The van der Waals surface area contributed by atoms with Crippen LogP contribution < -0.4 is 5.32 Å². The molecule has 0 bridgehead atoms. The molecule has 116 valence electrons. The molecule has 0 radical (unpaired) electrons. The number of fused-ring (bicyclic) bond motifs is 1. The predicted molar refractivity (Wildman–Crippen MR) is 83.3 cm³/mol. The monoisotopic (exact) mass is 322 g/mol. The summed E-state index contributed by atoms with van der Waals surface area (Å²) in [6.07, 6.45) is 0. The van der Waals surface area contributed by atoms with Gasteiger partial charge in [0.1, 0.15) is 4.88 Å². The molecule has 0 atom stereocenters. The van der Waals surface area contributed by atoms with Gasteiger partial charge in [-0.3, -0.25) is 14.9 Å². The number of thiophene rings is 1. The Bertz CT molecular complexity index is 766. The van der Waals surface area contributed by atoms with Gasteiger partial charge in [-0.25, -0.2) is 4.79 Å². The van der Waals surface area contributed by atoms with Crippen LogP contribution in [0.15, 0.2) is 18.2 Å². The van der Waals surface area contributed by atoms with E-state index in [0.29, 0.717) is 10.1 Å². The van der Waals surface area contributed by atoms with Gasteiger partial charge >= 0.3 is 5.97 Å². The second-order valence-electron chi connectivity index (χ2n) is 4.88. The highest BCUT2D eigenvalue weighted by molar-refractivity contribution is 7.21. The zero-order valence-corrected chi connectivity index (χ0v) is 13.0. The summed E-state index contributed by atoms with van der Waals surface area (Å²) in [7, 11) is 1.24. The van der Waals surface area contributed by atoms with Crippen LogP contribution in [-0.4, -0.2) is 23.9 Å². The van der Waals surface area contributed by atoms with E-state index in [9.17, 15) is 19.7 Å². The number of amides is 1. The van der Waals surface area contributed by atoms with Gasteiger partial charge in [0.2, 0.25) is 5.91 Å². The molecule has 0 saturated heterocycles. The molecule has 1 N–H and O–H groups in total. The Balaban J connectivity index is 2.64. The van der Waals surface area contributed by atoms with Gasteiger partial charge in [0.05, 0.1) is 17.7 Å². The SMILES string of the molecule is COC(=O)c1sc2ccc([N+](=O)[O-])cc2c1NC(=O)C(C)C. The molecule has 0 saturated carbocycles. The van der Waals surface area contributed by atoms with Gasteiger partial charge in [-0.15, -0.1) is 11.3 Å². The molecule has 0 aliphatic carbocycles. The van der Waals surface area contributed by atoms with Gasteiger partial charge in [-0.05, 0) is 6.07 Å². The summed E-state index contributed by atoms with van der Waals surface area (Å²) in [6.45, 7) is 3.42. The molecule has 2 rings (SSSR count). The number of benzene rings is 1. The van der Waals surface area contributed by atoms with Crippen molar-refractivity contribution in [3.05, 3.63) is 33.2 Å². The van der Waals surface area contributed by atoms with Crippen LogP contribution in [-0.2, 0) is 9.53 Å². The lowest BCUT2D eigenvalue weighted by molar-refractivity contribution is -0.384. The summed E-state index contributed by atoms with van der Waals surface area (Å²) >= 11 is 1.12. The van der Waals surface area contributed by atoms with Crippen molar-refractivity contribution in [1.29, 1.82) is 0 Å². The highest BCUT2D eigenvalue weighted by Gasteiger charge is 2.23. The van der Waals surface area contributed by atoms with E-state index in [1.165, 1.54) is 19.2 Å². The second kappa shape index (κ2) is 6.10. The van der Waals surface area contributed by atoms with E-state index >= 15 is 0 Å². The van der Waals surface area contributed by atoms with Crippen molar-refractivity contribution in [2.24, 2.45) is 5.92 Å². The van der Waals surface area contributed by atoms with Gasteiger partial charge in [0, 0.05) is 28.1 Å². The van der Waals surface area contributed by atoms with Crippen LogP contribution in [0.5, 0.6) is 0 Å². The fourth-order valence-corrected chi connectivity index (χ4v) is 2.88. The number of anilines is 1. The van der Waals surface area contributed by atoms with Crippen molar-refractivity contribution < 1.29 is 19.2 Å². The molecular formula is C14H14N2O5S. The van der Waals surface area contributed by atoms with Crippen molar-refractivity contribution in [3.63, 3.8) is 0 Å². The minimum atomic E-state index is -0.595. The molecule has 0 aliphatic heterocycles.